The third-order valence-electron chi connectivity index (χ3n) is 10.3. The summed E-state index contributed by atoms with van der Waals surface area (Å²) in [6.07, 6.45) is 8.69. The number of rotatable bonds is 15. The molecule has 0 aliphatic carbocycles. The zero-order valence-corrected chi connectivity index (χ0v) is 28.5. The summed E-state index contributed by atoms with van der Waals surface area (Å²) in [5, 5.41) is 0. The van der Waals surface area contributed by atoms with Crippen LogP contribution in [0.4, 0.5) is 11.4 Å². The number of nitrogens with one attached hydrogen (secondary N) is 1. The molecule has 0 aromatic heterocycles. The van der Waals surface area contributed by atoms with E-state index in [2.05, 4.69) is 64.1 Å². The summed E-state index contributed by atoms with van der Waals surface area (Å²) in [6, 6.07) is 23.6. The lowest BCUT2D eigenvalue weighted by Gasteiger charge is -2.30. The molecule has 4 aliphatic rings. The van der Waals surface area contributed by atoms with Crippen molar-refractivity contribution in [1.29, 1.82) is 0 Å². The van der Waals surface area contributed by atoms with Crippen molar-refractivity contribution in [2.45, 2.75) is 63.6 Å². The average Bonchev–Trinajstić information content (AvgIpc) is 3.75. The Balaban J connectivity index is 1.02. The Bertz CT molecular complexity index is 1510. The first-order valence-electron chi connectivity index (χ1n) is 18.1. The fourth-order valence-corrected chi connectivity index (χ4v) is 7.62. The minimum absolute atomic E-state index is 0.0678. The maximum Gasteiger partial charge on any atom is 0.243 e. The first-order chi connectivity index (χ1) is 24.2. The van der Waals surface area contributed by atoms with Gasteiger partial charge >= 0.3 is 0 Å². The molecule has 2 fully saturated rings. The molecule has 2 saturated heterocycles. The van der Waals surface area contributed by atoms with Crippen molar-refractivity contribution in [2.75, 3.05) is 52.6 Å². The van der Waals surface area contributed by atoms with E-state index in [1.165, 1.54) is 22.3 Å². The number of morpholine rings is 2. The second-order valence-electron chi connectivity index (χ2n) is 13.7. The molecule has 0 radical (unpaired) electrons. The highest BCUT2D eigenvalue weighted by atomic mass is 16.6. The molecule has 7 rings (SSSR count). The second-order valence-corrected chi connectivity index (χ2v) is 13.7. The van der Waals surface area contributed by atoms with Crippen molar-refractivity contribution >= 4 is 29.7 Å². The van der Waals surface area contributed by atoms with Gasteiger partial charge in [-0.05, 0) is 58.7 Å². The summed E-state index contributed by atoms with van der Waals surface area (Å²) in [5.41, 5.74) is 11.2. The van der Waals surface area contributed by atoms with E-state index < -0.39 is 0 Å². The number of benzene rings is 3. The van der Waals surface area contributed by atoms with Crippen LogP contribution in [0.2, 0.25) is 0 Å². The SMILES string of the molecule is O=C(CCCCCC(C1C=Nc2ccc(CN3CCOCC3)cc21)C1C=Nc2ccc(CN3CCOCC3)cc21)NOCc1ccccc1. The van der Waals surface area contributed by atoms with Gasteiger partial charge in [-0.3, -0.25) is 29.4 Å². The Hall–Kier alpha value is -3.73. The number of fused-ring (bicyclic) bond motifs is 2. The van der Waals surface area contributed by atoms with Crippen molar-refractivity contribution in [3.05, 3.63) is 94.5 Å². The van der Waals surface area contributed by atoms with Crippen molar-refractivity contribution in [2.24, 2.45) is 15.9 Å². The van der Waals surface area contributed by atoms with Crippen LogP contribution in [0.3, 0.4) is 0 Å². The van der Waals surface area contributed by atoms with Crippen molar-refractivity contribution < 1.29 is 19.1 Å². The standard InChI is InChI=1S/C40H49N5O4/c46-40(43-49-29-30-7-3-1-4-8-30)10-6-2-5-9-33(36-25-41-38-13-11-31(23-34(36)38)27-44-15-19-47-20-16-44)37-26-42-39-14-12-32(24-35(37)39)28-45-17-21-48-22-18-45/h1,3-4,7-8,11-14,23-26,33,36-37H,2,5-6,9-10,15-22,27-29H2,(H,43,46). The topological polar surface area (TPSA) is 88.0 Å². The summed E-state index contributed by atoms with van der Waals surface area (Å²) in [6.45, 7) is 9.32. The molecular formula is C40H49N5O4. The van der Waals surface area contributed by atoms with Crippen LogP contribution in [0, 0.1) is 5.92 Å². The lowest BCUT2D eigenvalue weighted by atomic mass is 9.73. The molecular weight excluding hydrogens is 614 g/mol. The van der Waals surface area contributed by atoms with Crippen molar-refractivity contribution in [3.63, 3.8) is 0 Å². The quantitative estimate of drug-likeness (QED) is 0.148. The third-order valence-corrected chi connectivity index (χ3v) is 10.3. The zero-order chi connectivity index (χ0) is 33.3. The van der Waals surface area contributed by atoms with Crippen LogP contribution in [0.15, 0.2) is 76.7 Å². The van der Waals surface area contributed by atoms with E-state index in [0.717, 1.165) is 108 Å². The lowest BCUT2D eigenvalue weighted by Crippen LogP contribution is -2.35. The summed E-state index contributed by atoms with van der Waals surface area (Å²) in [5.74, 6) is 0.663. The van der Waals surface area contributed by atoms with Gasteiger partial charge in [-0.25, -0.2) is 5.48 Å². The highest BCUT2D eigenvalue weighted by Crippen LogP contribution is 2.48. The lowest BCUT2D eigenvalue weighted by molar-refractivity contribution is -0.134. The van der Waals surface area contributed by atoms with Crippen LogP contribution in [-0.2, 0) is 38.8 Å². The number of aliphatic imine (C=N–C) groups is 2. The molecule has 4 heterocycles. The Kier molecular flexibility index (Phi) is 11.6. The molecule has 2 unspecified atom stereocenters. The Morgan fingerprint density at radius 2 is 1.31 bits per heavy atom. The molecule has 3 aromatic rings. The van der Waals surface area contributed by atoms with E-state index >= 15 is 0 Å². The monoisotopic (exact) mass is 663 g/mol. The Labute approximate surface area is 290 Å². The van der Waals surface area contributed by atoms with E-state index in [1.54, 1.807) is 0 Å². The maximum atomic E-state index is 12.5. The van der Waals surface area contributed by atoms with E-state index in [9.17, 15) is 4.79 Å². The van der Waals surface area contributed by atoms with Gasteiger partial charge in [0.15, 0.2) is 0 Å². The largest absolute Gasteiger partial charge is 0.379 e. The van der Waals surface area contributed by atoms with E-state index in [0.29, 0.717) is 18.9 Å². The fourth-order valence-electron chi connectivity index (χ4n) is 7.62. The number of nitrogens with zero attached hydrogens (tertiary/aromatic N) is 4. The predicted octanol–water partition coefficient (Wildman–Crippen LogP) is 6.46. The molecule has 9 heteroatoms. The number of unbranched alkanes of at least 4 members (excludes halogenated alkanes) is 2. The number of ether oxygens (including phenoxy) is 2. The van der Waals surface area contributed by atoms with Gasteiger partial charge in [0, 0.05) is 70.0 Å². The molecule has 1 N–H and O–H groups in total. The summed E-state index contributed by atoms with van der Waals surface area (Å²) < 4.78 is 11.2. The number of hydrogen-bond acceptors (Lipinski definition) is 8. The van der Waals surface area contributed by atoms with Crippen LogP contribution in [0.1, 0.15) is 71.8 Å². The fraction of sp³-hybridized carbons (Fsp3) is 0.475. The second kappa shape index (κ2) is 16.8. The third kappa shape index (κ3) is 8.90. The van der Waals surface area contributed by atoms with Gasteiger partial charge in [0.05, 0.1) is 44.4 Å². The van der Waals surface area contributed by atoms with Crippen molar-refractivity contribution in [3.8, 4) is 0 Å². The molecule has 4 aliphatic heterocycles. The molecule has 0 bridgehead atoms. The van der Waals surface area contributed by atoms with Crippen LogP contribution < -0.4 is 5.48 Å². The van der Waals surface area contributed by atoms with Gasteiger partial charge in [-0.1, -0.05) is 67.4 Å². The molecule has 49 heavy (non-hydrogen) atoms. The van der Waals surface area contributed by atoms with Crippen LogP contribution in [0.25, 0.3) is 0 Å². The van der Waals surface area contributed by atoms with Gasteiger partial charge in [0.2, 0.25) is 5.91 Å². The van der Waals surface area contributed by atoms with Crippen LogP contribution in [0.5, 0.6) is 0 Å². The first kappa shape index (κ1) is 33.8. The van der Waals surface area contributed by atoms with Gasteiger partial charge in [0.25, 0.3) is 0 Å². The number of amides is 1. The van der Waals surface area contributed by atoms with Gasteiger partial charge < -0.3 is 9.47 Å². The maximum absolute atomic E-state index is 12.5. The predicted molar refractivity (Wildman–Crippen MR) is 193 cm³/mol. The molecule has 9 nitrogen and oxygen atoms in total. The normalized spacial score (nSPS) is 21.1. The summed E-state index contributed by atoms with van der Waals surface area (Å²) in [4.78, 5) is 32.8. The Morgan fingerprint density at radius 1 is 0.735 bits per heavy atom. The Morgan fingerprint density at radius 3 is 1.88 bits per heavy atom. The molecule has 3 aromatic carbocycles. The average molecular weight is 664 g/mol. The zero-order valence-electron chi connectivity index (χ0n) is 28.5. The summed E-state index contributed by atoms with van der Waals surface area (Å²) >= 11 is 0. The van der Waals surface area contributed by atoms with Gasteiger partial charge in [0.1, 0.15) is 0 Å². The van der Waals surface area contributed by atoms with E-state index in [-0.39, 0.29) is 17.7 Å². The number of hydroxylamine groups is 1. The minimum Gasteiger partial charge on any atom is -0.379 e. The summed E-state index contributed by atoms with van der Waals surface area (Å²) in [7, 11) is 0. The molecule has 258 valence electrons. The number of carbonyl (C=O) groups is 1. The number of carbonyl (C=O) groups excluding carboxylic acids is 1. The van der Waals surface area contributed by atoms with Crippen LogP contribution >= 0.6 is 0 Å². The van der Waals surface area contributed by atoms with Crippen molar-refractivity contribution in [1.82, 2.24) is 15.3 Å². The molecule has 0 spiro atoms. The van der Waals surface area contributed by atoms with E-state index in [1.807, 2.05) is 30.3 Å². The molecule has 0 saturated carbocycles. The van der Waals surface area contributed by atoms with E-state index in [4.69, 9.17) is 24.3 Å². The number of hydrogen-bond donors (Lipinski definition) is 1. The van der Waals surface area contributed by atoms with Crippen LogP contribution in [-0.4, -0.2) is 80.7 Å². The first-order valence-corrected chi connectivity index (χ1v) is 18.1. The molecule has 1 amide bonds. The molecule has 2 atom stereocenters. The smallest absolute Gasteiger partial charge is 0.243 e. The minimum atomic E-state index is -0.0678. The highest BCUT2D eigenvalue weighted by molar-refractivity contribution is 5.86. The van der Waals surface area contributed by atoms with Gasteiger partial charge in [-0.2, -0.15) is 0 Å². The van der Waals surface area contributed by atoms with Gasteiger partial charge in [-0.15, -0.1) is 0 Å². The highest BCUT2D eigenvalue weighted by Gasteiger charge is 2.36.